The minimum absolute atomic E-state index is 0.0382. The highest BCUT2D eigenvalue weighted by Crippen LogP contribution is 2.88. The predicted octanol–water partition coefficient (Wildman–Crippen LogP) is 3.47. The minimum atomic E-state index is -0.139. The molecule has 6 aliphatic rings. The number of rotatable bonds is 3. The third kappa shape index (κ3) is 2.05. The molecule has 8 unspecified atom stereocenters. The van der Waals surface area contributed by atoms with Gasteiger partial charge in [-0.1, -0.05) is 17.7 Å². The molecule has 4 saturated carbocycles. The standard InChI is InChI=1S/C25H25ClN6O2/c1-31-18-10-28-22(29-17-5-12-2-3-34-19(12)6-16(17)26)30-21(18)32(23(31)33)20-13-4-14-8-24(11-27)9-15(20)25(14,24)7-13/h5-6,10,12-15,19-20H,2-4,7-9H2,1H3,(H,28,29,30). The summed E-state index contributed by atoms with van der Waals surface area (Å²) in [5.74, 6) is 2.24. The first-order valence-corrected chi connectivity index (χ1v) is 12.7. The van der Waals surface area contributed by atoms with Crippen molar-refractivity contribution in [1.82, 2.24) is 19.1 Å². The molecule has 0 radical (unpaired) electrons. The number of ether oxygens (including phenoxy) is 1. The van der Waals surface area contributed by atoms with Gasteiger partial charge in [-0.2, -0.15) is 10.2 Å². The molecule has 5 aliphatic carbocycles. The molecular weight excluding hydrogens is 452 g/mol. The minimum Gasteiger partial charge on any atom is -0.373 e. The number of allylic oxidation sites excluding steroid dienone is 1. The van der Waals surface area contributed by atoms with Gasteiger partial charge in [0.25, 0.3) is 0 Å². The van der Waals surface area contributed by atoms with Crippen molar-refractivity contribution in [2.75, 3.05) is 11.9 Å². The van der Waals surface area contributed by atoms with Crippen molar-refractivity contribution >= 4 is 28.7 Å². The Balaban J connectivity index is 1.19. The fourth-order valence-electron chi connectivity index (χ4n) is 8.89. The molecular formula is C25H25ClN6O2. The molecule has 0 amide bonds. The van der Waals surface area contributed by atoms with Gasteiger partial charge < -0.3 is 10.1 Å². The second kappa shape index (κ2) is 6.13. The number of nitriles is 1. The van der Waals surface area contributed by atoms with Crippen molar-refractivity contribution in [2.45, 2.75) is 44.2 Å². The predicted molar refractivity (Wildman–Crippen MR) is 125 cm³/mol. The Labute approximate surface area is 201 Å². The van der Waals surface area contributed by atoms with E-state index >= 15 is 0 Å². The van der Waals surface area contributed by atoms with E-state index in [9.17, 15) is 10.1 Å². The van der Waals surface area contributed by atoms with Crippen molar-refractivity contribution in [3.05, 3.63) is 39.6 Å². The van der Waals surface area contributed by atoms with Crippen LogP contribution in [-0.2, 0) is 11.8 Å². The number of nitrogens with zero attached hydrogens (tertiary/aromatic N) is 5. The van der Waals surface area contributed by atoms with Crippen LogP contribution >= 0.6 is 11.6 Å². The molecule has 2 aromatic rings. The first-order chi connectivity index (χ1) is 16.5. The Morgan fingerprint density at radius 3 is 3.06 bits per heavy atom. The van der Waals surface area contributed by atoms with E-state index in [2.05, 4.69) is 22.4 Å². The van der Waals surface area contributed by atoms with Crippen LogP contribution < -0.4 is 11.0 Å². The fraction of sp³-hybridized carbons (Fsp3) is 0.600. The lowest BCUT2D eigenvalue weighted by molar-refractivity contribution is -0.237. The van der Waals surface area contributed by atoms with Crippen LogP contribution in [0.1, 0.15) is 38.1 Å². The molecule has 1 spiro atoms. The summed E-state index contributed by atoms with van der Waals surface area (Å²) in [5, 5.41) is 13.8. The maximum Gasteiger partial charge on any atom is 0.330 e. The van der Waals surface area contributed by atoms with Crippen molar-refractivity contribution in [3.63, 3.8) is 0 Å². The van der Waals surface area contributed by atoms with Gasteiger partial charge in [-0.05, 0) is 61.3 Å². The van der Waals surface area contributed by atoms with Gasteiger partial charge in [0.05, 0.1) is 34.5 Å². The number of aryl methyl sites for hydroxylation is 1. The number of hydrogen-bond acceptors (Lipinski definition) is 6. The molecule has 9 heteroatoms. The van der Waals surface area contributed by atoms with E-state index in [1.807, 2.05) is 10.6 Å². The summed E-state index contributed by atoms with van der Waals surface area (Å²) < 4.78 is 9.30. The van der Waals surface area contributed by atoms with Crippen LogP contribution in [-0.4, -0.2) is 31.8 Å². The Morgan fingerprint density at radius 2 is 2.21 bits per heavy atom. The van der Waals surface area contributed by atoms with Gasteiger partial charge in [0, 0.05) is 25.6 Å². The average molecular weight is 477 g/mol. The lowest BCUT2D eigenvalue weighted by Crippen LogP contribution is -2.69. The number of imidazole rings is 1. The third-order valence-corrected chi connectivity index (χ3v) is 10.6. The van der Waals surface area contributed by atoms with Crippen LogP contribution in [0, 0.1) is 45.8 Å². The van der Waals surface area contributed by atoms with Gasteiger partial charge in [-0.25, -0.2) is 9.78 Å². The maximum atomic E-state index is 13.5. The van der Waals surface area contributed by atoms with Crippen LogP contribution in [0.3, 0.4) is 0 Å². The Bertz CT molecular complexity index is 1450. The highest BCUT2D eigenvalue weighted by Gasteiger charge is 2.84. The van der Waals surface area contributed by atoms with Gasteiger partial charge >= 0.3 is 5.69 Å². The highest BCUT2D eigenvalue weighted by molar-refractivity contribution is 6.32. The van der Waals surface area contributed by atoms with Gasteiger partial charge in [-0.3, -0.25) is 9.13 Å². The number of hydrogen-bond donors (Lipinski definition) is 1. The molecule has 0 aromatic carbocycles. The Kier molecular flexibility index (Phi) is 3.54. The number of fused-ring (bicyclic) bond motifs is 3. The fourth-order valence-corrected chi connectivity index (χ4v) is 9.13. The van der Waals surface area contributed by atoms with Gasteiger partial charge in [0.1, 0.15) is 5.52 Å². The molecule has 34 heavy (non-hydrogen) atoms. The van der Waals surface area contributed by atoms with Crippen LogP contribution in [0.4, 0.5) is 5.95 Å². The lowest BCUT2D eigenvalue weighted by Gasteiger charge is -2.72. The molecule has 8 atom stereocenters. The number of nitrogens with one attached hydrogen (secondary N) is 1. The summed E-state index contributed by atoms with van der Waals surface area (Å²) >= 11 is 6.52. The molecule has 2 aromatic heterocycles. The molecule has 8 nitrogen and oxygen atoms in total. The zero-order valence-corrected chi connectivity index (χ0v) is 19.6. The van der Waals surface area contributed by atoms with E-state index < -0.39 is 0 Å². The van der Waals surface area contributed by atoms with Crippen LogP contribution in [0.25, 0.3) is 11.2 Å². The summed E-state index contributed by atoms with van der Waals surface area (Å²) in [7, 11) is 1.79. The molecule has 1 N–H and O–H groups in total. The molecule has 8 rings (SSSR count). The van der Waals surface area contributed by atoms with Gasteiger partial charge in [-0.15, -0.1) is 0 Å². The largest absolute Gasteiger partial charge is 0.373 e. The second-order valence-electron chi connectivity index (χ2n) is 11.3. The first kappa shape index (κ1) is 19.7. The van der Waals surface area contributed by atoms with Crippen molar-refractivity contribution < 1.29 is 4.74 Å². The lowest BCUT2D eigenvalue weighted by atomic mass is 9.30. The summed E-state index contributed by atoms with van der Waals surface area (Å²) in [6.45, 7) is 0.734. The summed E-state index contributed by atoms with van der Waals surface area (Å²) in [5.41, 5.74) is 2.14. The molecule has 5 fully saturated rings. The summed E-state index contributed by atoms with van der Waals surface area (Å²) in [6, 6.07) is 2.79. The van der Waals surface area contributed by atoms with E-state index in [0.29, 0.717) is 40.3 Å². The van der Waals surface area contributed by atoms with Crippen LogP contribution in [0.2, 0.25) is 0 Å². The van der Waals surface area contributed by atoms with Crippen molar-refractivity contribution in [2.24, 2.45) is 41.5 Å². The summed E-state index contributed by atoms with van der Waals surface area (Å²) in [6.07, 6.45) is 11.0. The molecule has 2 bridgehead atoms. The van der Waals surface area contributed by atoms with E-state index in [-0.39, 0.29) is 28.7 Å². The van der Waals surface area contributed by atoms with E-state index in [1.54, 1.807) is 17.8 Å². The van der Waals surface area contributed by atoms with Gasteiger partial charge in [0.2, 0.25) is 5.95 Å². The van der Waals surface area contributed by atoms with E-state index in [4.69, 9.17) is 21.3 Å². The quantitative estimate of drug-likeness (QED) is 0.728. The third-order valence-electron chi connectivity index (χ3n) is 10.3. The topological polar surface area (TPSA) is 97.8 Å². The first-order valence-electron chi connectivity index (χ1n) is 12.3. The number of aromatic nitrogens is 4. The smallest absolute Gasteiger partial charge is 0.330 e. The Hall–Kier alpha value is -2.63. The van der Waals surface area contributed by atoms with Crippen LogP contribution in [0.5, 0.6) is 0 Å². The number of halogens is 1. The highest BCUT2D eigenvalue weighted by atomic mass is 35.5. The number of anilines is 1. The SMILES string of the molecule is Cn1c(=O)n(C2C3CC4CC5(C#N)CC2C45C3)c2nc(NC3=CC4CCOC4C=C3Cl)ncc21. The average Bonchev–Trinajstić information content (AvgIpc) is 3.54. The van der Waals surface area contributed by atoms with Crippen molar-refractivity contribution in [3.8, 4) is 6.07 Å². The normalized spacial score (nSPS) is 42.9. The van der Waals surface area contributed by atoms with E-state index in [1.165, 1.54) is 0 Å². The molecule has 1 aliphatic heterocycles. The molecule has 174 valence electrons. The monoisotopic (exact) mass is 476 g/mol. The van der Waals surface area contributed by atoms with Crippen LogP contribution in [0.15, 0.2) is 33.9 Å². The maximum absolute atomic E-state index is 13.5. The zero-order valence-electron chi connectivity index (χ0n) is 18.9. The van der Waals surface area contributed by atoms with Crippen molar-refractivity contribution in [1.29, 1.82) is 5.26 Å². The molecule has 3 heterocycles. The summed E-state index contributed by atoms with van der Waals surface area (Å²) in [4.78, 5) is 22.8. The molecule has 1 saturated heterocycles. The second-order valence-corrected chi connectivity index (χ2v) is 11.7. The zero-order chi connectivity index (χ0) is 23.0. The van der Waals surface area contributed by atoms with E-state index in [0.717, 1.165) is 49.9 Å². The van der Waals surface area contributed by atoms with Gasteiger partial charge in [0.15, 0.2) is 5.65 Å². The Morgan fingerprint density at radius 1 is 1.32 bits per heavy atom.